The van der Waals surface area contributed by atoms with Crippen LogP contribution in [0.3, 0.4) is 0 Å². The maximum Gasteiger partial charge on any atom is 0.342 e. The first-order valence-electron chi connectivity index (χ1n) is 5.30. The molecular weight excluding hydrogens is 220 g/mol. The van der Waals surface area contributed by atoms with Gasteiger partial charge < -0.3 is 14.2 Å². The first kappa shape index (κ1) is 13.4. The second kappa shape index (κ2) is 6.13. The summed E-state index contributed by atoms with van der Waals surface area (Å²) in [5.41, 5.74) is 0.354. The molecule has 93 valence electrons. The molecule has 0 saturated heterocycles. The molecular formula is C13H17O4. The van der Waals surface area contributed by atoms with E-state index in [2.05, 4.69) is 6.92 Å². The molecule has 1 atom stereocenters. The smallest absolute Gasteiger partial charge is 0.342 e. The van der Waals surface area contributed by atoms with Crippen molar-refractivity contribution in [2.75, 3.05) is 20.8 Å². The summed E-state index contributed by atoms with van der Waals surface area (Å²) in [6.07, 6.45) is 0. The first-order chi connectivity index (χ1) is 8.08. The lowest BCUT2D eigenvalue weighted by Crippen LogP contribution is -2.11. The normalized spacial score (nSPS) is 10.2. The zero-order valence-electron chi connectivity index (χ0n) is 10.4. The van der Waals surface area contributed by atoms with Crippen molar-refractivity contribution in [3.63, 3.8) is 0 Å². The molecule has 0 fully saturated rings. The van der Waals surface area contributed by atoms with Crippen molar-refractivity contribution in [3.05, 3.63) is 30.7 Å². The fraction of sp³-hybridized carbons (Fsp3) is 0.385. The Labute approximate surface area is 101 Å². The molecule has 0 amide bonds. The van der Waals surface area contributed by atoms with E-state index in [9.17, 15) is 4.79 Å². The Kier molecular flexibility index (Phi) is 4.82. The van der Waals surface area contributed by atoms with Crippen LogP contribution in [-0.4, -0.2) is 26.8 Å². The summed E-state index contributed by atoms with van der Waals surface area (Å²) < 4.78 is 15.2. The van der Waals surface area contributed by atoms with E-state index in [1.54, 1.807) is 18.2 Å². The summed E-state index contributed by atoms with van der Waals surface area (Å²) in [6, 6.07) is 4.98. The van der Waals surface area contributed by atoms with Gasteiger partial charge in [-0.3, -0.25) is 0 Å². The van der Waals surface area contributed by atoms with Crippen LogP contribution in [0.15, 0.2) is 18.2 Å². The highest BCUT2D eigenvalue weighted by molar-refractivity contribution is 5.93. The standard InChI is InChI=1S/C13H17O4/c1-9(2)8-17-13(14)11-7-10(15-3)5-6-12(11)16-4/h5-7,9H,1,8H2,2-4H3. The predicted molar refractivity (Wildman–Crippen MR) is 64.3 cm³/mol. The second-order valence-corrected chi connectivity index (χ2v) is 3.77. The summed E-state index contributed by atoms with van der Waals surface area (Å²) >= 11 is 0. The number of carbonyl (C=O) groups excluding carboxylic acids is 1. The van der Waals surface area contributed by atoms with E-state index in [1.807, 2.05) is 6.92 Å². The highest BCUT2D eigenvalue weighted by Gasteiger charge is 2.15. The van der Waals surface area contributed by atoms with Crippen LogP contribution < -0.4 is 9.47 Å². The Balaban J connectivity index is 2.89. The number of esters is 1. The van der Waals surface area contributed by atoms with Crippen molar-refractivity contribution in [1.29, 1.82) is 0 Å². The third kappa shape index (κ3) is 3.66. The number of hydrogen-bond donors (Lipinski definition) is 0. The lowest BCUT2D eigenvalue weighted by Gasteiger charge is -2.11. The molecule has 17 heavy (non-hydrogen) atoms. The predicted octanol–water partition coefficient (Wildman–Crippen LogP) is 2.33. The number of benzene rings is 1. The van der Waals surface area contributed by atoms with Gasteiger partial charge in [0.25, 0.3) is 0 Å². The van der Waals surface area contributed by atoms with Crippen LogP contribution in [0, 0.1) is 12.8 Å². The van der Waals surface area contributed by atoms with Crippen LogP contribution in [0.4, 0.5) is 0 Å². The minimum absolute atomic E-state index is 0.0514. The highest BCUT2D eigenvalue weighted by Crippen LogP contribution is 2.24. The van der Waals surface area contributed by atoms with Crippen molar-refractivity contribution in [1.82, 2.24) is 0 Å². The average molecular weight is 237 g/mol. The molecule has 0 saturated carbocycles. The minimum atomic E-state index is -0.434. The van der Waals surface area contributed by atoms with Crippen molar-refractivity contribution < 1.29 is 19.0 Å². The quantitative estimate of drug-likeness (QED) is 0.737. The molecule has 0 spiro atoms. The minimum Gasteiger partial charge on any atom is -0.497 e. The third-order valence-corrected chi connectivity index (χ3v) is 2.13. The number of rotatable bonds is 5. The summed E-state index contributed by atoms with van der Waals surface area (Å²) in [4.78, 5) is 11.8. The lowest BCUT2D eigenvalue weighted by atomic mass is 10.2. The van der Waals surface area contributed by atoms with Gasteiger partial charge in [-0.05, 0) is 31.0 Å². The van der Waals surface area contributed by atoms with Gasteiger partial charge in [0.2, 0.25) is 0 Å². The molecule has 1 radical (unpaired) electrons. The van der Waals surface area contributed by atoms with Gasteiger partial charge in [-0.1, -0.05) is 6.92 Å². The molecule has 1 aromatic carbocycles. The summed E-state index contributed by atoms with van der Waals surface area (Å²) in [6.45, 7) is 5.90. The van der Waals surface area contributed by atoms with E-state index in [4.69, 9.17) is 14.2 Å². The largest absolute Gasteiger partial charge is 0.497 e. The molecule has 4 nitrogen and oxygen atoms in total. The second-order valence-electron chi connectivity index (χ2n) is 3.77. The van der Waals surface area contributed by atoms with Crippen LogP contribution in [0.25, 0.3) is 0 Å². The summed E-state index contributed by atoms with van der Waals surface area (Å²) in [5, 5.41) is 0. The molecule has 4 heteroatoms. The molecule has 0 aliphatic carbocycles. The Bertz CT molecular complexity index is 385. The van der Waals surface area contributed by atoms with Gasteiger partial charge in [-0.15, -0.1) is 0 Å². The molecule has 1 rings (SSSR count). The van der Waals surface area contributed by atoms with Crippen LogP contribution in [0.5, 0.6) is 11.5 Å². The Morgan fingerprint density at radius 3 is 2.59 bits per heavy atom. The monoisotopic (exact) mass is 237 g/mol. The van der Waals surface area contributed by atoms with Gasteiger partial charge >= 0.3 is 5.97 Å². The molecule has 0 bridgehead atoms. The zero-order valence-corrected chi connectivity index (χ0v) is 10.4. The van der Waals surface area contributed by atoms with E-state index in [-0.39, 0.29) is 12.5 Å². The number of carbonyl (C=O) groups is 1. The number of hydrogen-bond acceptors (Lipinski definition) is 4. The maximum atomic E-state index is 11.8. The SMILES string of the molecule is [CH2]C(C)COC(=O)c1cc(OC)ccc1OC. The van der Waals surface area contributed by atoms with E-state index < -0.39 is 5.97 Å². The summed E-state index contributed by atoms with van der Waals surface area (Å²) in [5.74, 6) is 0.666. The zero-order chi connectivity index (χ0) is 12.8. The van der Waals surface area contributed by atoms with Gasteiger partial charge in [0.1, 0.15) is 17.1 Å². The van der Waals surface area contributed by atoms with E-state index in [0.29, 0.717) is 17.1 Å². The van der Waals surface area contributed by atoms with E-state index in [1.165, 1.54) is 14.2 Å². The van der Waals surface area contributed by atoms with Crippen molar-refractivity contribution in [2.24, 2.45) is 5.92 Å². The molecule has 0 aliphatic rings. The maximum absolute atomic E-state index is 11.8. The highest BCUT2D eigenvalue weighted by atomic mass is 16.5. The third-order valence-electron chi connectivity index (χ3n) is 2.13. The van der Waals surface area contributed by atoms with Gasteiger partial charge in [0, 0.05) is 0 Å². The topological polar surface area (TPSA) is 44.8 Å². The number of methoxy groups -OCH3 is 2. The van der Waals surface area contributed by atoms with E-state index >= 15 is 0 Å². The molecule has 0 N–H and O–H groups in total. The van der Waals surface area contributed by atoms with Crippen LogP contribution in [0.1, 0.15) is 17.3 Å². The molecule has 0 aromatic heterocycles. The fourth-order valence-electron chi connectivity index (χ4n) is 1.27. The lowest BCUT2D eigenvalue weighted by molar-refractivity contribution is 0.0467. The molecule has 1 aromatic rings. The van der Waals surface area contributed by atoms with Crippen molar-refractivity contribution in [2.45, 2.75) is 6.92 Å². The fourth-order valence-corrected chi connectivity index (χ4v) is 1.27. The van der Waals surface area contributed by atoms with E-state index in [0.717, 1.165) is 0 Å². The van der Waals surface area contributed by atoms with Gasteiger partial charge in [-0.25, -0.2) is 4.79 Å². The van der Waals surface area contributed by atoms with Crippen molar-refractivity contribution >= 4 is 5.97 Å². The number of ether oxygens (including phenoxy) is 3. The molecule has 0 heterocycles. The summed E-state index contributed by atoms with van der Waals surface area (Å²) in [7, 11) is 3.04. The Morgan fingerprint density at radius 2 is 2.06 bits per heavy atom. The molecule has 0 aliphatic heterocycles. The van der Waals surface area contributed by atoms with Crippen molar-refractivity contribution in [3.8, 4) is 11.5 Å². The van der Waals surface area contributed by atoms with Crippen LogP contribution in [0.2, 0.25) is 0 Å². The Hall–Kier alpha value is -1.71. The van der Waals surface area contributed by atoms with Crippen LogP contribution >= 0.6 is 0 Å². The van der Waals surface area contributed by atoms with Gasteiger partial charge in [-0.2, -0.15) is 0 Å². The molecule has 1 unspecified atom stereocenters. The Morgan fingerprint density at radius 1 is 1.35 bits per heavy atom. The van der Waals surface area contributed by atoms with Gasteiger partial charge in [0.05, 0.1) is 20.8 Å². The van der Waals surface area contributed by atoms with Gasteiger partial charge in [0.15, 0.2) is 0 Å². The average Bonchev–Trinajstić information content (AvgIpc) is 2.34. The first-order valence-corrected chi connectivity index (χ1v) is 5.30. The van der Waals surface area contributed by atoms with Crippen LogP contribution in [-0.2, 0) is 4.74 Å².